The van der Waals surface area contributed by atoms with Crippen LogP contribution in [0.1, 0.15) is 27.2 Å². The highest BCUT2D eigenvalue weighted by atomic mass is 16.5. The van der Waals surface area contributed by atoms with Gasteiger partial charge >= 0.3 is 0 Å². The summed E-state index contributed by atoms with van der Waals surface area (Å²) < 4.78 is 5.20. The van der Waals surface area contributed by atoms with Crippen LogP contribution in [0.5, 0.6) is 5.75 Å². The molecule has 1 atom stereocenters. The number of hydrogen-bond acceptors (Lipinski definition) is 4. The first-order chi connectivity index (χ1) is 12.3. The van der Waals surface area contributed by atoms with E-state index in [2.05, 4.69) is 4.90 Å². The average Bonchev–Trinajstić information content (AvgIpc) is 3.03. The van der Waals surface area contributed by atoms with Gasteiger partial charge in [-0.05, 0) is 45.0 Å². The average molecular weight is 359 g/mol. The largest absolute Gasteiger partial charge is 0.497 e. The van der Waals surface area contributed by atoms with E-state index in [9.17, 15) is 9.59 Å². The number of anilines is 1. The molecule has 2 aliphatic rings. The van der Waals surface area contributed by atoms with Gasteiger partial charge in [0.1, 0.15) is 5.75 Å². The van der Waals surface area contributed by atoms with Gasteiger partial charge in [0.25, 0.3) is 0 Å². The smallest absolute Gasteiger partial charge is 0.228 e. The summed E-state index contributed by atoms with van der Waals surface area (Å²) in [6.07, 6.45) is 0.342. The van der Waals surface area contributed by atoms with Crippen molar-refractivity contribution in [2.24, 2.45) is 5.92 Å². The lowest BCUT2D eigenvalue weighted by atomic mass is 10.1. The maximum absolute atomic E-state index is 12.9. The van der Waals surface area contributed by atoms with Crippen molar-refractivity contribution < 1.29 is 14.3 Å². The van der Waals surface area contributed by atoms with Crippen LogP contribution in [0.15, 0.2) is 24.3 Å². The van der Waals surface area contributed by atoms with Gasteiger partial charge in [0.2, 0.25) is 11.8 Å². The highest BCUT2D eigenvalue weighted by Crippen LogP contribution is 2.28. The van der Waals surface area contributed by atoms with E-state index >= 15 is 0 Å². The summed E-state index contributed by atoms with van der Waals surface area (Å²) in [5, 5.41) is 0. The number of benzene rings is 1. The van der Waals surface area contributed by atoms with Gasteiger partial charge in [-0.1, -0.05) is 0 Å². The lowest BCUT2D eigenvalue weighted by molar-refractivity contribution is -0.136. The van der Waals surface area contributed by atoms with Crippen molar-refractivity contribution in [2.45, 2.75) is 32.7 Å². The molecule has 0 aromatic heterocycles. The molecule has 6 nitrogen and oxygen atoms in total. The summed E-state index contributed by atoms with van der Waals surface area (Å²) in [4.78, 5) is 31.1. The minimum atomic E-state index is -0.223. The van der Waals surface area contributed by atoms with Crippen molar-refractivity contribution in [2.75, 3.05) is 44.7 Å². The summed E-state index contributed by atoms with van der Waals surface area (Å²) in [6.45, 7) is 9.61. The summed E-state index contributed by atoms with van der Waals surface area (Å²) in [7, 11) is 1.66. The first-order valence-corrected chi connectivity index (χ1v) is 9.28. The fourth-order valence-corrected chi connectivity index (χ4v) is 3.76. The number of piperazine rings is 1. The molecule has 0 bridgehead atoms. The summed E-state index contributed by atoms with van der Waals surface area (Å²) in [6, 6.07) is 8.01. The minimum absolute atomic E-state index is 0.0905. The van der Waals surface area contributed by atoms with E-state index in [1.54, 1.807) is 7.11 Å². The highest BCUT2D eigenvalue weighted by molar-refractivity contribution is 5.89. The molecule has 6 heteroatoms. The van der Waals surface area contributed by atoms with Gasteiger partial charge in [-0.15, -0.1) is 0 Å². The Morgan fingerprint density at radius 2 is 1.69 bits per heavy atom. The van der Waals surface area contributed by atoms with Crippen molar-refractivity contribution in [3.8, 4) is 5.75 Å². The van der Waals surface area contributed by atoms with Crippen LogP contribution in [0.2, 0.25) is 0 Å². The van der Waals surface area contributed by atoms with Crippen LogP contribution in [-0.2, 0) is 9.59 Å². The second-order valence-corrected chi connectivity index (χ2v) is 8.09. The number of likely N-dealkylation sites (tertiary alicyclic amines) is 1. The van der Waals surface area contributed by atoms with E-state index in [0.29, 0.717) is 26.1 Å². The SMILES string of the molecule is COc1ccc(N2CCN(C(=O)C3CC(=O)N(C(C)(C)C)C3)CC2)cc1. The predicted octanol–water partition coefficient (Wildman–Crippen LogP) is 1.99. The molecule has 1 aromatic carbocycles. The number of carbonyl (C=O) groups excluding carboxylic acids is 2. The van der Waals surface area contributed by atoms with Gasteiger partial charge in [-0.25, -0.2) is 0 Å². The molecule has 0 N–H and O–H groups in total. The second kappa shape index (κ2) is 7.17. The zero-order valence-corrected chi connectivity index (χ0v) is 16.2. The Balaban J connectivity index is 1.56. The fourth-order valence-electron chi connectivity index (χ4n) is 3.76. The quantitative estimate of drug-likeness (QED) is 0.828. The molecular weight excluding hydrogens is 330 g/mol. The third-order valence-corrected chi connectivity index (χ3v) is 5.31. The zero-order chi connectivity index (χ0) is 18.9. The lowest BCUT2D eigenvalue weighted by Gasteiger charge is -2.37. The van der Waals surface area contributed by atoms with Crippen LogP contribution in [0.3, 0.4) is 0 Å². The van der Waals surface area contributed by atoms with Crippen molar-refractivity contribution in [3.63, 3.8) is 0 Å². The Morgan fingerprint density at radius 3 is 2.19 bits per heavy atom. The molecule has 1 unspecified atom stereocenters. The Bertz CT molecular complexity index is 658. The molecule has 0 spiro atoms. The van der Waals surface area contributed by atoms with E-state index in [0.717, 1.165) is 24.5 Å². The third kappa shape index (κ3) is 3.79. The lowest BCUT2D eigenvalue weighted by Crippen LogP contribution is -2.51. The molecule has 0 saturated carbocycles. The Kier molecular flexibility index (Phi) is 5.12. The zero-order valence-electron chi connectivity index (χ0n) is 16.2. The van der Waals surface area contributed by atoms with Crippen LogP contribution in [0.25, 0.3) is 0 Å². The van der Waals surface area contributed by atoms with Crippen LogP contribution in [-0.4, -0.2) is 67.0 Å². The number of hydrogen-bond donors (Lipinski definition) is 0. The molecule has 2 aliphatic heterocycles. The number of ether oxygens (including phenoxy) is 1. The number of methoxy groups -OCH3 is 1. The van der Waals surface area contributed by atoms with Gasteiger partial charge in [0.15, 0.2) is 0 Å². The maximum atomic E-state index is 12.9. The molecule has 3 rings (SSSR count). The highest BCUT2D eigenvalue weighted by Gasteiger charge is 2.41. The second-order valence-electron chi connectivity index (χ2n) is 8.09. The first-order valence-electron chi connectivity index (χ1n) is 9.28. The Hall–Kier alpha value is -2.24. The molecular formula is C20H29N3O3. The first kappa shape index (κ1) is 18.5. The minimum Gasteiger partial charge on any atom is -0.497 e. The fraction of sp³-hybridized carbons (Fsp3) is 0.600. The van der Waals surface area contributed by atoms with Crippen molar-refractivity contribution in [3.05, 3.63) is 24.3 Å². The van der Waals surface area contributed by atoms with Crippen molar-refractivity contribution >= 4 is 17.5 Å². The topological polar surface area (TPSA) is 53.1 Å². The Labute approximate surface area is 155 Å². The van der Waals surface area contributed by atoms with Gasteiger partial charge in [0.05, 0.1) is 13.0 Å². The third-order valence-electron chi connectivity index (χ3n) is 5.31. The molecule has 1 aromatic rings. The van der Waals surface area contributed by atoms with E-state index in [1.165, 1.54) is 0 Å². The van der Waals surface area contributed by atoms with Gasteiger partial charge in [0, 0.05) is 50.4 Å². The van der Waals surface area contributed by atoms with E-state index in [1.807, 2.05) is 54.8 Å². The molecule has 2 fully saturated rings. The summed E-state index contributed by atoms with van der Waals surface area (Å²) >= 11 is 0. The maximum Gasteiger partial charge on any atom is 0.228 e. The molecule has 142 valence electrons. The van der Waals surface area contributed by atoms with Gasteiger partial charge in [-0.3, -0.25) is 9.59 Å². The van der Waals surface area contributed by atoms with Crippen molar-refractivity contribution in [1.82, 2.24) is 9.80 Å². The van der Waals surface area contributed by atoms with Crippen LogP contribution in [0.4, 0.5) is 5.69 Å². The van der Waals surface area contributed by atoms with Gasteiger partial charge < -0.3 is 19.4 Å². The molecule has 2 heterocycles. The van der Waals surface area contributed by atoms with E-state index in [-0.39, 0.29) is 23.3 Å². The van der Waals surface area contributed by atoms with E-state index < -0.39 is 0 Å². The molecule has 0 aliphatic carbocycles. The standard InChI is InChI=1S/C20H29N3O3/c1-20(2,3)23-14-15(13-18(23)24)19(25)22-11-9-21(10-12-22)16-5-7-17(26-4)8-6-16/h5-8,15H,9-14H2,1-4H3. The van der Waals surface area contributed by atoms with Crippen LogP contribution in [0, 0.1) is 5.92 Å². The number of nitrogens with zero attached hydrogens (tertiary/aromatic N) is 3. The number of rotatable bonds is 3. The number of amides is 2. The van der Waals surface area contributed by atoms with Crippen LogP contribution < -0.4 is 9.64 Å². The normalized spacial score (nSPS) is 21.3. The number of carbonyl (C=O) groups is 2. The van der Waals surface area contributed by atoms with E-state index in [4.69, 9.17) is 4.74 Å². The monoisotopic (exact) mass is 359 g/mol. The summed E-state index contributed by atoms with van der Waals surface area (Å²) in [5.74, 6) is 0.860. The van der Waals surface area contributed by atoms with Gasteiger partial charge in [-0.2, -0.15) is 0 Å². The molecule has 26 heavy (non-hydrogen) atoms. The summed E-state index contributed by atoms with van der Waals surface area (Å²) in [5.41, 5.74) is 0.923. The predicted molar refractivity (Wildman–Crippen MR) is 101 cm³/mol. The van der Waals surface area contributed by atoms with Crippen LogP contribution >= 0.6 is 0 Å². The van der Waals surface area contributed by atoms with Crippen molar-refractivity contribution in [1.29, 1.82) is 0 Å². The molecule has 2 saturated heterocycles. The molecule has 2 amide bonds. The molecule has 0 radical (unpaired) electrons. The Morgan fingerprint density at radius 1 is 1.08 bits per heavy atom.